The van der Waals surface area contributed by atoms with Crippen molar-refractivity contribution >= 4 is 22.4 Å². The SMILES string of the molecule is CN(C)C(Cc1ccccc1)C(=O)Nc1ncc(Cc2ccccc2C#N)s1. The molecular weight excluding hydrogens is 368 g/mol. The van der Waals surface area contributed by atoms with Gasteiger partial charge in [0.05, 0.1) is 17.7 Å². The molecule has 1 unspecified atom stereocenters. The van der Waals surface area contributed by atoms with Crippen LogP contribution >= 0.6 is 11.3 Å². The van der Waals surface area contributed by atoms with E-state index in [0.29, 0.717) is 23.5 Å². The summed E-state index contributed by atoms with van der Waals surface area (Å²) in [5.41, 5.74) is 2.74. The van der Waals surface area contributed by atoms with E-state index in [9.17, 15) is 10.1 Å². The first-order valence-electron chi connectivity index (χ1n) is 9.00. The fraction of sp³-hybridized carbons (Fsp3) is 0.227. The molecule has 0 saturated carbocycles. The molecule has 142 valence electrons. The van der Waals surface area contributed by atoms with E-state index in [1.54, 1.807) is 6.20 Å². The number of nitrogens with one attached hydrogen (secondary N) is 1. The molecule has 2 aromatic carbocycles. The quantitative estimate of drug-likeness (QED) is 0.668. The minimum atomic E-state index is -0.283. The first-order valence-corrected chi connectivity index (χ1v) is 9.82. The molecule has 3 aromatic rings. The number of carbonyl (C=O) groups excluding carboxylic acids is 1. The molecule has 1 amide bonds. The molecule has 5 nitrogen and oxygen atoms in total. The topological polar surface area (TPSA) is 69.0 Å². The van der Waals surface area contributed by atoms with Gasteiger partial charge in [-0.1, -0.05) is 48.5 Å². The molecule has 28 heavy (non-hydrogen) atoms. The Morgan fingerprint density at radius 3 is 2.61 bits per heavy atom. The second kappa shape index (κ2) is 9.27. The van der Waals surface area contributed by atoms with E-state index in [1.807, 2.05) is 73.6 Å². The van der Waals surface area contributed by atoms with Gasteiger partial charge in [0.25, 0.3) is 0 Å². The Labute approximate surface area is 169 Å². The fourth-order valence-corrected chi connectivity index (χ4v) is 3.79. The molecule has 0 aliphatic carbocycles. The third-order valence-electron chi connectivity index (χ3n) is 4.48. The van der Waals surface area contributed by atoms with Gasteiger partial charge in [0.2, 0.25) is 5.91 Å². The van der Waals surface area contributed by atoms with Crippen LogP contribution in [0.3, 0.4) is 0 Å². The number of rotatable bonds is 7. The molecule has 3 rings (SSSR count). The van der Waals surface area contributed by atoms with Crippen LogP contribution in [0.1, 0.15) is 21.6 Å². The Bertz CT molecular complexity index is 975. The number of likely N-dealkylation sites (N-methyl/N-ethyl adjacent to an activating group) is 1. The lowest BCUT2D eigenvalue weighted by molar-refractivity contribution is -0.120. The number of aromatic nitrogens is 1. The average molecular weight is 391 g/mol. The van der Waals surface area contributed by atoms with Crippen molar-refractivity contribution in [2.24, 2.45) is 0 Å². The fourth-order valence-electron chi connectivity index (χ4n) is 2.95. The molecule has 0 bridgehead atoms. The summed E-state index contributed by atoms with van der Waals surface area (Å²) in [5.74, 6) is -0.0767. The van der Waals surface area contributed by atoms with E-state index in [2.05, 4.69) is 16.4 Å². The number of amides is 1. The van der Waals surface area contributed by atoms with Gasteiger partial charge in [0.1, 0.15) is 0 Å². The Hall–Kier alpha value is -3.01. The van der Waals surface area contributed by atoms with Crippen LogP contribution in [0.2, 0.25) is 0 Å². The number of thiazole rings is 1. The van der Waals surface area contributed by atoms with Gasteiger partial charge in [0, 0.05) is 17.5 Å². The largest absolute Gasteiger partial charge is 0.301 e. The van der Waals surface area contributed by atoms with E-state index in [-0.39, 0.29) is 11.9 Å². The number of nitriles is 1. The van der Waals surface area contributed by atoms with Crippen LogP contribution in [0.25, 0.3) is 0 Å². The molecule has 0 spiro atoms. The van der Waals surface area contributed by atoms with E-state index >= 15 is 0 Å². The molecule has 1 aromatic heterocycles. The predicted octanol–water partition coefficient (Wildman–Crippen LogP) is 3.72. The lowest BCUT2D eigenvalue weighted by Gasteiger charge is -2.23. The van der Waals surface area contributed by atoms with Crippen LogP contribution in [-0.2, 0) is 17.6 Å². The second-order valence-electron chi connectivity index (χ2n) is 6.74. The van der Waals surface area contributed by atoms with Gasteiger partial charge in [-0.15, -0.1) is 11.3 Å². The first-order chi connectivity index (χ1) is 13.6. The lowest BCUT2D eigenvalue weighted by atomic mass is 10.0. The zero-order valence-corrected chi connectivity index (χ0v) is 16.7. The number of benzene rings is 2. The molecule has 1 heterocycles. The number of nitrogens with zero attached hydrogens (tertiary/aromatic N) is 3. The Morgan fingerprint density at radius 2 is 1.89 bits per heavy atom. The van der Waals surface area contributed by atoms with Crippen LogP contribution in [0.4, 0.5) is 5.13 Å². The average Bonchev–Trinajstić information content (AvgIpc) is 3.13. The Morgan fingerprint density at radius 1 is 1.18 bits per heavy atom. The van der Waals surface area contributed by atoms with E-state index < -0.39 is 0 Å². The zero-order chi connectivity index (χ0) is 19.9. The van der Waals surface area contributed by atoms with Crippen molar-refractivity contribution in [3.63, 3.8) is 0 Å². The first kappa shape index (κ1) is 19.7. The number of carbonyl (C=O) groups is 1. The molecular formula is C22H22N4OS. The standard InChI is InChI=1S/C22H22N4OS/c1-26(2)20(12-16-8-4-3-5-9-16)21(27)25-22-24-15-19(28-22)13-17-10-6-7-11-18(17)14-23/h3-11,15,20H,12-13H2,1-2H3,(H,24,25,27). The van der Waals surface area contributed by atoms with E-state index in [0.717, 1.165) is 16.0 Å². The summed E-state index contributed by atoms with van der Waals surface area (Å²) < 4.78 is 0. The van der Waals surface area contributed by atoms with E-state index in [1.165, 1.54) is 11.3 Å². The Balaban J connectivity index is 1.67. The maximum absolute atomic E-state index is 12.8. The van der Waals surface area contributed by atoms with Gasteiger partial charge in [-0.3, -0.25) is 9.69 Å². The van der Waals surface area contributed by atoms with Crippen LogP contribution in [0.15, 0.2) is 60.8 Å². The normalized spacial score (nSPS) is 11.8. The van der Waals surface area contributed by atoms with Gasteiger partial charge >= 0.3 is 0 Å². The molecule has 6 heteroatoms. The summed E-state index contributed by atoms with van der Waals surface area (Å²) in [4.78, 5) is 20.1. The van der Waals surface area contributed by atoms with Crippen molar-refractivity contribution in [3.8, 4) is 6.07 Å². The number of anilines is 1. The minimum Gasteiger partial charge on any atom is -0.301 e. The summed E-state index contributed by atoms with van der Waals surface area (Å²) in [6.45, 7) is 0. The van der Waals surface area contributed by atoms with Gasteiger partial charge in [-0.05, 0) is 37.7 Å². The number of hydrogen-bond acceptors (Lipinski definition) is 5. The van der Waals surface area contributed by atoms with Crippen molar-refractivity contribution in [1.82, 2.24) is 9.88 Å². The van der Waals surface area contributed by atoms with Gasteiger partial charge in [-0.2, -0.15) is 5.26 Å². The second-order valence-corrected chi connectivity index (χ2v) is 7.85. The van der Waals surface area contributed by atoms with Gasteiger partial charge in [0.15, 0.2) is 5.13 Å². The van der Waals surface area contributed by atoms with Gasteiger partial charge in [-0.25, -0.2) is 4.98 Å². The molecule has 1 N–H and O–H groups in total. The summed E-state index contributed by atoms with van der Waals surface area (Å²) in [6, 6.07) is 19.4. The van der Waals surface area contributed by atoms with Crippen LogP contribution in [0.5, 0.6) is 0 Å². The van der Waals surface area contributed by atoms with Gasteiger partial charge < -0.3 is 5.32 Å². The third kappa shape index (κ3) is 5.03. The highest BCUT2D eigenvalue weighted by Gasteiger charge is 2.22. The highest BCUT2D eigenvalue weighted by molar-refractivity contribution is 7.15. The highest BCUT2D eigenvalue weighted by atomic mass is 32.1. The van der Waals surface area contributed by atoms with Crippen LogP contribution in [0, 0.1) is 11.3 Å². The summed E-state index contributed by atoms with van der Waals surface area (Å²) in [7, 11) is 3.80. The highest BCUT2D eigenvalue weighted by Crippen LogP contribution is 2.23. The maximum Gasteiger partial charge on any atom is 0.243 e. The number of hydrogen-bond donors (Lipinski definition) is 1. The van der Waals surface area contributed by atoms with Crippen LogP contribution < -0.4 is 5.32 Å². The van der Waals surface area contributed by atoms with Crippen LogP contribution in [-0.4, -0.2) is 35.9 Å². The summed E-state index contributed by atoms with van der Waals surface area (Å²) in [5, 5.41) is 12.7. The maximum atomic E-state index is 12.8. The Kier molecular flexibility index (Phi) is 6.53. The predicted molar refractivity (Wildman–Crippen MR) is 112 cm³/mol. The van der Waals surface area contributed by atoms with Crippen molar-refractivity contribution in [1.29, 1.82) is 5.26 Å². The minimum absolute atomic E-state index is 0.0767. The molecule has 1 atom stereocenters. The molecule has 0 fully saturated rings. The molecule has 0 radical (unpaired) electrons. The monoisotopic (exact) mass is 390 g/mol. The summed E-state index contributed by atoms with van der Waals surface area (Å²) >= 11 is 1.44. The van der Waals surface area contributed by atoms with Crippen molar-refractivity contribution in [2.45, 2.75) is 18.9 Å². The smallest absolute Gasteiger partial charge is 0.243 e. The third-order valence-corrected chi connectivity index (χ3v) is 5.40. The van der Waals surface area contributed by atoms with Crippen molar-refractivity contribution in [2.75, 3.05) is 19.4 Å². The van der Waals surface area contributed by atoms with Crippen molar-refractivity contribution < 1.29 is 4.79 Å². The molecule has 0 aliphatic heterocycles. The summed E-state index contributed by atoms with van der Waals surface area (Å²) in [6.07, 6.45) is 3.02. The molecule has 0 saturated heterocycles. The lowest BCUT2D eigenvalue weighted by Crippen LogP contribution is -2.41. The molecule has 0 aliphatic rings. The van der Waals surface area contributed by atoms with E-state index in [4.69, 9.17) is 0 Å². The zero-order valence-electron chi connectivity index (χ0n) is 15.9. The van der Waals surface area contributed by atoms with Crippen molar-refractivity contribution in [3.05, 3.63) is 82.4 Å².